The van der Waals surface area contributed by atoms with Gasteiger partial charge in [0, 0.05) is 5.56 Å². The van der Waals surface area contributed by atoms with E-state index in [2.05, 4.69) is 20.0 Å². The van der Waals surface area contributed by atoms with Crippen molar-refractivity contribution in [3.63, 3.8) is 0 Å². The van der Waals surface area contributed by atoms with Crippen molar-refractivity contribution in [2.45, 2.75) is 13.2 Å². The first-order chi connectivity index (χ1) is 12.7. The second kappa shape index (κ2) is 8.10. The maximum absolute atomic E-state index is 12.3. The molecule has 0 atom stereocenters. The summed E-state index contributed by atoms with van der Waals surface area (Å²) in [5.41, 5.74) is 1.25. The van der Waals surface area contributed by atoms with Crippen molar-refractivity contribution in [2.75, 3.05) is 7.11 Å². The molecular weight excluding hydrogens is 352 g/mol. The number of nitrogens with zero attached hydrogens (tertiary/aromatic N) is 3. The van der Waals surface area contributed by atoms with E-state index in [0.29, 0.717) is 17.0 Å². The third-order valence-electron chi connectivity index (χ3n) is 3.12. The molecule has 10 heteroatoms. The number of furan rings is 1. The first-order valence-corrected chi connectivity index (χ1v) is 7.29. The standard InChI is InChI=1S/C16H13F2N3O5/c1-22-13-6-10(2-3-12(13)25-16(17)18)7-19-24-9-14-20-15(21-26-14)11-4-5-23-8-11/h2-8,16H,9H2,1H3/b19-7+. The normalized spacial score (nSPS) is 11.2. The molecular formula is C16H13F2N3O5. The number of hydrogen-bond acceptors (Lipinski definition) is 8. The summed E-state index contributed by atoms with van der Waals surface area (Å²) in [6.45, 7) is -2.97. The molecule has 26 heavy (non-hydrogen) atoms. The molecule has 0 N–H and O–H groups in total. The van der Waals surface area contributed by atoms with Gasteiger partial charge in [-0.3, -0.25) is 0 Å². The van der Waals surface area contributed by atoms with E-state index in [4.69, 9.17) is 18.5 Å². The number of benzene rings is 1. The van der Waals surface area contributed by atoms with Crippen molar-refractivity contribution < 1.29 is 32.0 Å². The fraction of sp³-hybridized carbons (Fsp3) is 0.188. The quantitative estimate of drug-likeness (QED) is 0.446. The topological polar surface area (TPSA) is 92.1 Å². The van der Waals surface area contributed by atoms with Gasteiger partial charge in [-0.2, -0.15) is 13.8 Å². The van der Waals surface area contributed by atoms with Crippen LogP contribution in [0.15, 0.2) is 50.9 Å². The van der Waals surface area contributed by atoms with Gasteiger partial charge in [0.15, 0.2) is 18.1 Å². The van der Waals surface area contributed by atoms with Crippen LogP contribution in [0.1, 0.15) is 11.5 Å². The molecule has 0 saturated carbocycles. The first-order valence-electron chi connectivity index (χ1n) is 7.29. The Bertz CT molecular complexity index is 865. The van der Waals surface area contributed by atoms with Crippen molar-refractivity contribution in [3.8, 4) is 22.9 Å². The van der Waals surface area contributed by atoms with E-state index in [1.54, 1.807) is 6.07 Å². The van der Waals surface area contributed by atoms with Crippen LogP contribution in [0.3, 0.4) is 0 Å². The minimum atomic E-state index is -2.94. The lowest BCUT2D eigenvalue weighted by Gasteiger charge is -2.09. The lowest BCUT2D eigenvalue weighted by atomic mass is 10.2. The minimum absolute atomic E-state index is 0.0366. The largest absolute Gasteiger partial charge is 0.493 e. The Morgan fingerprint density at radius 2 is 2.15 bits per heavy atom. The van der Waals surface area contributed by atoms with Gasteiger partial charge >= 0.3 is 6.61 Å². The summed E-state index contributed by atoms with van der Waals surface area (Å²) in [7, 11) is 1.35. The van der Waals surface area contributed by atoms with Crippen molar-refractivity contribution in [3.05, 3.63) is 48.2 Å². The SMILES string of the molecule is COc1cc(/C=N/OCc2nc(-c3ccoc3)no2)ccc1OC(F)F. The Morgan fingerprint density at radius 3 is 2.88 bits per heavy atom. The van der Waals surface area contributed by atoms with Gasteiger partial charge in [0.25, 0.3) is 5.89 Å². The fourth-order valence-electron chi connectivity index (χ4n) is 1.97. The van der Waals surface area contributed by atoms with Crippen molar-refractivity contribution in [1.82, 2.24) is 10.1 Å². The van der Waals surface area contributed by atoms with Gasteiger partial charge in [0.1, 0.15) is 6.26 Å². The first kappa shape index (κ1) is 17.4. The monoisotopic (exact) mass is 365 g/mol. The van der Waals surface area contributed by atoms with Crippen molar-refractivity contribution in [2.24, 2.45) is 5.16 Å². The second-order valence-electron chi connectivity index (χ2n) is 4.82. The number of halogens is 2. The molecule has 0 fully saturated rings. The van der Waals surface area contributed by atoms with E-state index in [1.807, 2.05) is 0 Å². The van der Waals surface area contributed by atoms with Gasteiger partial charge in [-0.15, -0.1) is 0 Å². The third kappa shape index (κ3) is 4.35. The predicted octanol–water partition coefficient (Wildman–Crippen LogP) is 3.49. The highest BCUT2D eigenvalue weighted by Crippen LogP contribution is 2.28. The predicted molar refractivity (Wildman–Crippen MR) is 84.0 cm³/mol. The average Bonchev–Trinajstić information content (AvgIpc) is 3.30. The second-order valence-corrected chi connectivity index (χ2v) is 4.82. The highest BCUT2D eigenvalue weighted by atomic mass is 19.3. The molecule has 1 aromatic carbocycles. The van der Waals surface area contributed by atoms with E-state index in [9.17, 15) is 8.78 Å². The molecule has 0 saturated heterocycles. The van der Waals surface area contributed by atoms with Gasteiger partial charge < -0.3 is 23.3 Å². The maximum atomic E-state index is 12.3. The molecule has 0 amide bonds. The summed E-state index contributed by atoms with van der Waals surface area (Å²) < 4.78 is 43.9. The zero-order valence-electron chi connectivity index (χ0n) is 13.5. The molecule has 3 aromatic rings. The Morgan fingerprint density at radius 1 is 1.27 bits per heavy atom. The van der Waals surface area contributed by atoms with Crippen LogP contribution in [-0.4, -0.2) is 30.1 Å². The summed E-state index contributed by atoms with van der Waals surface area (Å²) in [5.74, 6) is 0.686. The lowest BCUT2D eigenvalue weighted by molar-refractivity contribution is -0.0512. The summed E-state index contributed by atoms with van der Waals surface area (Å²) in [4.78, 5) is 9.20. The molecule has 0 aliphatic heterocycles. The zero-order valence-corrected chi connectivity index (χ0v) is 13.5. The number of alkyl halides is 2. The van der Waals surface area contributed by atoms with Gasteiger partial charge in [-0.1, -0.05) is 10.3 Å². The highest BCUT2D eigenvalue weighted by Gasteiger charge is 2.11. The Balaban J connectivity index is 1.57. The minimum Gasteiger partial charge on any atom is -0.493 e. The fourth-order valence-corrected chi connectivity index (χ4v) is 1.97. The van der Waals surface area contributed by atoms with Crippen LogP contribution in [0.25, 0.3) is 11.4 Å². The van der Waals surface area contributed by atoms with Crippen LogP contribution in [-0.2, 0) is 11.4 Å². The van der Waals surface area contributed by atoms with Crippen LogP contribution < -0.4 is 9.47 Å². The highest BCUT2D eigenvalue weighted by molar-refractivity contribution is 5.80. The van der Waals surface area contributed by atoms with Crippen LogP contribution in [0.5, 0.6) is 11.5 Å². The molecule has 136 valence electrons. The summed E-state index contributed by atoms with van der Waals surface area (Å²) in [6.07, 6.45) is 4.36. The Labute approximate surface area is 146 Å². The Hall–Kier alpha value is -3.43. The van der Waals surface area contributed by atoms with Gasteiger partial charge in [0.05, 0.1) is 25.2 Å². The Kier molecular flexibility index (Phi) is 5.42. The number of oxime groups is 1. The zero-order chi connectivity index (χ0) is 18.4. The van der Waals surface area contributed by atoms with E-state index in [-0.39, 0.29) is 24.0 Å². The molecule has 3 rings (SSSR count). The van der Waals surface area contributed by atoms with E-state index in [0.717, 1.165) is 0 Å². The van der Waals surface area contributed by atoms with Crippen LogP contribution >= 0.6 is 0 Å². The van der Waals surface area contributed by atoms with Gasteiger partial charge in [-0.05, 0) is 24.3 Å². The summed E-state index contributed by atoms with van der Waals surface area (Å²) >= 11 is 0. The molecule has 0 spiro atoms. The molecule has 0 bridgehead atoms. The number of rotatable bonds is 8. The van der Waals surface area contributed by atoms with Gasteiger partial charge in [0.2, 0.25) is 5.82 Å². The molecule has 2 aromatic heterocycles. The van der Waals surface area contributed by atoms with Gasteiger partial charge in [-0.25, -0.2) is 0 Å². The summed E-state index contributed by atoms with van der Waals surface area (Å²) in [5, 5.41) is 7.54. The number of ether oxygens (including phenoxy) is 2. The van der Waals surface area contributed by atoms with E-state index in [1.165, 1.54) is 44.0 Å². The maximum Gasteiger partial charge on any atom is 0.387 e. The molecule has 0 aliphatic rings. The third-order valence-corrected chi connectivity index (χ3v) is 3.12. The molecule has 8 nitrogen and oxygen atoms in total. The molecule has 2 heterocycles. The van der Waals surface area contributed by atoms with E-state index < -0.39 is 6.61 Å². The number of hydrogen-bond donors (Lipinski definition) is 0. The van der Waals surface area contributed by atoms with Crippen LogP contribution in [0, 0.1) is 0 Å². The molecule has 0 unspecified atom stereocenters. The lowest BCUT2D eigenvalue weighted by Crippen LogP contribution is -2.03. The molecule has 0 radical (unpaired) electrons. The summed E-state index contributed by atoms with van der Waals surface area (Å²) in [6, 6.07) is 6.05. The van der Waals surface area contributed by atoms with Crippen molar-refractivity contribution >= 4 is 6.21 Å². The van der Waals surface area contributed by atoms with Crippen molar-refractivity contribution in [1.29, 1.82) is 0 Å². The molecule has 0 aliphatic carbocycles. The van der Waals surface area contributed by atoms with E-state index >= 15 is 0 Å². The smallest absolute Gasteiger partial charge is 0.387 e. The van der Waals surface area contributed by atoms with Crippen LogP contribution in [0.2, 0.25) is 0 Å². The number of aromatic nitrogens is 2. The van der Waals surface area contributed by atoms with Crippen LogP contribution in [0.4, 0.5) is 8.78 Å². The average molecular weight is 365 g/mol. The number of methoxy groups -OCH3 is 1.